The van der Waals surface area contributed by atoms with Crippen LogP contribution in [-0.4, -0.2) is 10.5 Å². The first-order valence-corrected chi connectivity index (χ1v) is 6.20. The van der Waals surface area contributed by atoms with E-state index in [1.807, 2.05) is 19.1 Å². The van der Waals surface area contributed by atoms with Gasteiger partial charge in [-0.1, -0.05) is 17.7 Å². The minimum atomic E-state index is -0.390. The average Bonchev–Trinajstić information content (AvgIpc) is 2.29. The van der Waals surface area contributed by atoms with Crippen molar-refractivity contribution in [1.29, 1.82) is 0 Å². The van der Waals surface area contributed by atoms with E-state index in [2.05, 4.69) is 0 Å². The van der Waals surface area contributed by atoms with E-state index in [1.54, 1.807) is 17.5 Å². The monoisotopic (exact) mass is 263 g/mol. The van der Waals surface area contributed by atoms with Crippen molar-refractivity contribution in [3.05, 3.63) is 61.1 Å². The Morgan fingerprint density at radius 2 is 1.88 bits per heavy atom. The van der Waals surface area contributed by atoms with Crippen LogP contribution >= 0.6 is 23.6 Å². The van der Waals surface area contributed by atoms with Gasteiger partial charge in [-0.15, -0.1) is 11.3 Å². The maximum atomic E-state index is 12.1. The second kappa shape index (κ2) is 4.73. The van der Waals surface area contributed by atoms with Crippen molar-refractivity contribution in [2.24, 2.45) is 0 Å². The molecule has 0 aliphatic rings. The van der Waals surface area contributed by atoms with E-state index in [9.17, 15) is 9.59 Å². The van der Waals surface area contributed by atoms with Crippen LogP contribution in [0.25, 0.3) is 0 Å². The van der Waals surface area contributed by atoms with Gasteiger partial charge in [-0.2, -0.15) is 0 Å². The molecule has 3 nitrogen and oxygen atoms in total. The maximum Gasteiger partial charge on any atom is 0.266 e. The van der Waals surface area contributed by atoms with Crippen LogP contribution in [0.2, 0.25) is 0 Å². The molecule has 0 radical (unpaired) electrons. The minimum Gasteiger partial charge on any atom is -0.269 e. The van der Waals surface area contributed by atoms with Gasteiger partial charge in [-0.25, -0.2) is 4.57 Å². The maximum absolute atomic E-state index is 12.1. The quantitative estimate of drug-likeness (QED) is 0.742. The van der Waals surface area contributed by atoms with Crippen molar-refractivity contribution in [1.82, 2.24) is 4.57 Å². The van der Waals surface area contributed by atoms with Crippen LogP contribution in [0.15, 0.2) is 40.5 Å². The number of aryl methyl sites for hydroxylation is 1. The Morgan fingerprint density at radius 3 is 2.47 bits per heavy atom. The summed E-state index contributed by atoms with van der Waals surface area (Å²) < 4.78 is 1.29. The number of carbonyl (C=O) groups excluding carboxylic acids is 1. The normalized spacial score (nSPS) is 10.2. The molecule has 2 aromatic rings. The van der Waals surface area contributed by atoms with Gasteiger partial charge in [0.05, 0.1) is 0 Å². The first-order chi connectivity index (χ1) is 8.09. The summed E-state index contributed by atoms with van der Waals surface area (Å²) >= 11 is 6.19. The number of carbonyl (C=O) groups is 1. The van der Waals surface area contributed by atoms with Gasteiger partial charge in [0.15, 0.2) is 3.95 Å². The molecule has 0 N–H and O–H groups in total. The third kappa shape index (κ3) is 2.40. The van der Waals surface area contributed by atoms with Gasteiger partial charge in [0.1, 0.15) is 0 Å². The van der Waals surface area contributed by atoms with Gasteiger partial charge in [0.25, 0.3) is 11.5 Å². The van der Waals surface area contributed by atoms with E-state index in [0.29, 0.717) is 5.56 Å². The molecule has 1 heterocycles. The second-order valence-electron chi connectivity index (χ2n) is 3.53. The number of rotatable bonds is 1. The number of benzene rings is 1. The molecular weight excluding hydrogens is 254 g/mol. The molecular formula is C12H9NO2S2. The fourth-order valence-electron chi connectivity index (χ4n) is 1.38. The lowest BCUT2D eigenvalue weighted by Gasteiger charge is -2.03. The molecule has 0 spiro atoms. The van der Waals surface area contributed by atoms with Crippen molar-refractivity contribution in [2.75, 3.05) is 0 Å². The van der Waals surface area contributed by atoms with Crippen molar-refractivity contribution in [2.45, 2.75) is 6.92 Å². The van der Waals surface area contributed by atoms with E-state index in [4.69, 9.17) is 12.2 Å². The molecule has 86 valence electrons. The van der Waals surface area contributed by atoms with Gasteiger partial charge in [-0.3, -0.25) is 9.59 Å². The molecule has 0 unspecified atom stereocenters. The summed E-state index contributed by atoms with van der Waals surface area (Å²) in [4.78, 5) is 23.7. The third-order valence-electron chi connectivity index (χ3n) is 2.28. The highest BCUT2D eigenvalue weighted by Gasteiger charge is 2.10. The topological polar surface area (TPSA) is 39.1 Å². The SMILES string of the molecule is Cc1ccc(C(=O)n2c(=O)ccsc2=S)cc1. The van der Waals surface area contributed by atoms with E-state index in [0.717, 1.165) is 10.1 Å². The van der Waals surface area contributed by atoms with Crippen molar-refractivity contribution >= 4 is 29.5 Å². The van der Waals surface area contributed by atoms with Crippen LogP contribution in [0, 0.1) is 10.9 Å². The molecule has 1 aromatic carbocycles. The van der Waals surface area contributed by atoms with Crippen molar-refractivity contribution in [3.8, 4) is 0 Å². The van der Waals surface area contributed by atoms with E-state index < -0.39 is 0 Å². The fraction of sp³-hybridized carbons (Fsp3) is 0.0833. The molecule has 0 bridgehead atoms. The molecule has 0 aliphatic carbocycles. The molecule has 17 heavy (non-hydrogen) atoms. The lowest BCUT2D eigenvalue weighted by atomic mass is 10.1. The van der Waals surface area contributed by atoms with Gasteiger partial charge >= 0.3 is 0 Å². The Balaban J connectivity index is 2.55. The lowest BCUT2D eigenvalue weighted by molar-refractivity contribution is 0.0955. The third-order valence-corrected chi connectivity index (χ3v) is 3.41. The second-order valence-corrected chi connectivity index (χ2v) is 5.07. The zero-order valence-electron chi connectivity index (χ0n) is 9.04. The molecule has 0 atom stereocenters. The van der Waals surface area contributed by atoms with Gasteiger partial charge in [-0.05, 0) is 36.7 Å². The van der Waals surface area contributed by atoms with Crippen LogP contribution < -0.4 is 5.56 Å². The van der Waals surface area contributed by atoms with E-state index in [-0.39, 0.29) is 15.4 Å². The summed E-state index contributed by atoms with van der Waals surface area (Å²) in [5.41, 5.74) is 1.13. The lowest BCUT2D eigenvalue weighted by Crippen LogP contribution is -2.26. The molecule has 1 aromatic heterocycles. The Kier molecular flexibility index (Phi) is 3.31. The Hall–Kier alpha value is -1.59. The highest BCUT2D eigenvalue weighted by atomic mass is 32.1. The standard InChI is InChI=1S/C12H9NO2S2/c1-8-2-4-9(5-3-8)11(15)13-10(14)6-7-17-12(13)16/h2-7H,1H3. The fourth-order valence-corrected chi connectivity index (χ4v) is 2.29. The summed E-state index contributed by atoms with van der Waals surface area (Å²) in [5, 5.41) is 1.59. The molecule has 0 saturated carbocycles. The Morgan fingerprint density at radius 1 is 1.24 bits per heavy atom. The average molecular weight is 263 g/mol. The number of hydrogen-bond donors (Lipinski definition) is 0. The summed E-state index contributed by atoms with van der Waals surface area (Å²) in [6.45, 7) is 1.93. The summed E-state index contributed by atoms with van der Waals surface area (Å²) in [6.07, 6.45) is 0. The minimum absolute atomic E-state index is 0.267. The van der Waals surface area contributed by atoms with Crippen molar-refractivity contribution < 1.29 is 4.79 Å². The zero-order chi connectivity index (χ0) is 12.4. The molecule has 2 rings (SSSR count). The van der Waals surface area contributed by atoms with E-state index in [1.165, 1.54) is 17.4 Å². The summed E-state index contributed by atoms with van der Waals surface area (Å²) in [5.74, 6) is -0.378. The predicted octanol–water partition coefficient (Wildman–Crippen LogP) is 2.64. The van der Waals surface area contributed by atoms with Crippen LogP contribution in [0.4, 0.5) is 0 Å². The molecule has 0 fully saturated rings. The number of nitrogens with zero attached hydrogens (tertiary/aromatic N) is 1. The molecule has 0 aliphatic heterocycles. The Bertz CT molecular complexity index is 640. The van der Waals surface area contributed by atoms with E-state index >= 15 is 0 Å². The molecule has 5 heteroatoms. The largest absolute Gasteiger partial charge is 0.269 e. The van der Waals surface area contributed by atoms with Crippen LogP contribution in [0.3, 0.4) is 0 Å². The highest BCUT2D eigenvalue weighted by molar-refractivity contribution is 7.73. The molecule has 0 saturated heterocycles. The van der Waals surface area contributed by atoms with Crippen LogP contribution in [0.5, 0.6) is 0 Å². The highest BCUT2D eigenvalue weighted by Crippen LogP contribution is 2.06. The summed E-state index contributed by atoms with van der Waals surface area (Å²) in [6, 6.07) is 8.38. The zero-order valence-corrected chi connectivity index (χ0v) is 10.7. The Labute approximate surface area is 107 Å². The smallest absolute Gasteiger partial charge is 0.266 e. The van der Waals surface area contributed by atoms with Gasteiger partial charge in [0, 0.05) is 11.6 Å². The van der Waals surface area contributed by atoms with Gasteiger partial charge < -0.3 is 0 Å². The first-order valence-electron chi connectivity index (χ1n) is 4.92. The predicted molar refractivity (Wildman–Crippen MR) is 70.3 cm³/mol. The summed E-state index contributed by atoms with van der Waals surface area (Å²) in [7, 11) is 0. The van der Waals surface area contributed by atoms with Crippen LogP contribution in [0.1, 0.15) is 15.9 Å². The van der Waals surface area contributed by atoms with Gasteiger partial charge in [0.2, 0.25) is 0 Å². The molecule has 0 amide bonds. The number of aromatic nitrogens is 1. The number of hydrogen-bond acceptors (Lipinski definition) is 4. The first kappa shape index (κ1) is 11.9. The van der Waals surface area contributed by atoms with Crippen molar-refractivity contribution in [3.63, 3.8) is 0 Å². The van der Waals surface area contributed by atoms with Crippen LogP contribution in [-0.2, 0) is 0 Å².